The van der Waals surface area contributed by atoms with Crippen LogP contribution in [0.2, 0.25) is 0 Å². The molecule has 0 saturated carbocycles. The third-order valence-electron chi connectivity index (χ3n) is 4.11. The van der Waals surface area contributed by atoms with Crippen LogP contribution in [0.3, 0.4) is 0 Å². The van der Waals surface area contributed by atoms with Crippen molar-refractivity contribution in [2.75, 3.05) is 19.7 Å². The van der Waals surface area contributed by atoms with Crippen molar-refractivity contribution in [3.05, 3.63) is 21.9 Å². The zero-order chi connectivity index (χ0) is 12.3. The third kappa shape index (κ3) is 2.72. The molecule has 2 nitrogen and oxygen atoms in total. The molecular formula is C14H23NOS. The van der Waals surface area contributed by atoms with E-state index in [0.29, 0.717) is 5.41 Å². The normalized spacial score (nSPS) is 24.5. The minimum atomic E-state index is 0.245. The molecule has 0 radical (unpaired) electrons. The Kier molecular flexibility index (Phi) is 4.23. The Hall–Kier alpha value is -0.380. The Morgan fingerprint density at radius 3 is 2.82 bits per heavy atom. The molecule has 17 heavy (non-hydrogen) atoms. The Morgan fingerprint density at radius 2 is 2.24 bits per heavy atom. The number of hydrogen-bond donors (Lipinski definition) is 1. The molecule has 0 amide bonds. The minimum absolute atomic E-state index is 0.245. The van der Waals surface area contributed by atoms with Crippen LogP contribution in [0.15, 0.2) is 11.4 Å². The number of ether oxygens (including phenoxy) is 1. The van der Waals surface area contributed by atoms with Gasteiger partial charge < -0.3 is 10.1 Å². The molecule has 0 aromatic carbocycles. The quantitative estimate of drug-likeness (QED) is 0.890. The van der Waals surface area contributed by atoms with Crippen molar-refractivity contribution < 1.29 is 4.74 Å². The fourth-order valence-electron chi connectivity index (χ4n) is 2.44. The summed E-state index contributed by atoms with van der Waals surface area (Å²) in [7, 11) is 0. The molecule has 1 aliphatic heterocycles. The van der Waals surface area contributed by atoms with Gasteiger partial charge in [-0.15, -0.1) is 11.3 Å². The first-order valence-electron chi connectivity index (χ1n) is 6.57. The van der Waals surface area contributed by atoms with Crippen LogP contribution in [-0.4, -0.2) is 19.7 Å². The number of aryl methyl sites for hydroxylation is 1. The average Bonchev–Trinajstić information content (AvgIpc) is 2.66. The average molecular weight is 253 g/mol. The molecule has 2 rings (SSSR count). The summed E-state index contributed by atoms with van der Waals surface area (Å²) in [6, 6.07) is 2.18. The van der Waals surface area contributed by atoms with E-state index in [-0.39, 0.29) is 6.10 Å². The van der Waals surface area contributed by atoms with E-state index in [4.69, 9.17) is 4.74 Å². The summed E-state index contributed by atoms with van der Waals surface area (Å²) in [6.45, 7) is 9.63. The first-order valence-corrected chi connectivity index (χ1v) is 7.45. The summed E-state index contributed by atoms with van der Waals surface area (Å²) < 4.78 is 6.17. The summed E-state index contributed by atoms with van der Waals surface area (Å²) in [5.41, 5.74) is 1.70. The van der Waals surface area contributed by atoms with Crippen LogP contribution in [0, 0.1) is 12.3 Å². The lowest BCUT2D eigenvalue weighted by Crippen LogP contribution is -2.34. The van der Waals surface area contributed by atoms with Gasteiger partial charge in [0.1, 0.15) is 6.10 Å². The van der Waals surface area contributed by atoms with E-state index in [0.717, 1.165) is 19.7 Å². The monoisotopic (exact) mass is 253 g/mol. The summed E-state index contributed by atoms with van der Waals surface area (Å²) in [5.74, 6) is 0. The predicted octanol–water partition coefficient (Wildman–Crippen LogP) is 3.52. The molecule has 0 aliphatic carbocycles. The molecule has 3 heteroatoms. The van der Waals surface area contributed by atoms with Crippen molar-refractivity contribution in [2.45, 2.75) is 39.7 Å². The lowest BCUT2D eigenvalue weighted by molar-refractivity contribution is 0.0117. The van der Waals surface area contributed by atoms with Gasteiger partial charge >= 0.3 is 0 Å². The van der Waals surface area contributed by atoms with Crippen LogP contribution < -0.4 is 5.32 Å². The Bertz CT molecular complexity index is 357. The SMILES string of the molecule is CCC1(CC)CNCC(c2sccc2C)OC1. The lowest BCUT2D eigenvalue weighted by atomic mass is 9.83. The highest BCUT2D eigenvalue weighted by Crippen LogP contribution is 2.33. The highest BCUT2D eigenvalue weighted by Gasteiger charge is 2.31. The molecule has 96 valence electrons. The van der Waals surface area contributed by atoms with Crippen LogP contribution in [0.4, 0.5) is 0 Å². The molecule has 1 N–H and O–H groups in total. The molecule has 1 aliphatic rings. The van der Waals surface area contributed by atoms with Crippen molar-refractivity contribution in [3.63, 3.8) is 0 Å². The van der Waals surface area contributed by atoms with E-state index in [2.05, 4.69) is 37.5 Å². The third-order valence-corrected chi connectivity index (χ3v) is 5.23. The highest BCUT2D eigenvalue weighted by molar-refractivity contribution is 7.10. The first-order chi connectivity index (χ1) is 8.21. The highest BCUT2D eigenvalue weighted by atomic mass is 32.1. The smallest absolute Gasteiger partial charge is 0.104 e. The summed E-state index contributed by atoms with van der Waals surface area (Å²) in [6.07, 6.45) is 2.62. The number of thiophene rings is 1. The van der Waals surface area contributed by atoms with Gasteiger partial charge in [0.05, 0.1) is 6.61 Å². The van der Waals surface area contributed by atoms with Crippen molar-refractivity contribution in [3.8, 4) is 0 Å². The van der Waals surface area contributed by atoms with E-state index in [1.54, 1.807) is 0 Å². The second-order valence-corrected chi connectivity index (χ2v) is 6.05. The summed E-state index contributed by atoms with van der Waals surface area (Å²) in [5, 5.41) is 5.75. The molecule has 1 aromatic heterocycles. The van der Waals surface area contributed by atoms with E-state index < -0.39 is 0 Å². The Labute approximate surface area is 108 Å². The Balaban J connectivity index is 2.08. The van der Waals surface area contributed by atoms with E-state index in [1.807, 2.05) is 11.3 Å². The van der Waals surface area contributed by atoms with Crippen molar-refractivity contribution in [1.82, 2.24) is 5.32 Å². The zero-order valence-corrected chi connectivity index (χ0v) is 11.9. The van der Waals surface area contributed by atoms with Crippen molar-refractivity contribution in [2.24, 2.45) is 5.41 Å². The number of rotatable bonds is 3. The van der Waals surface area contributed by atoms with Crippen LogP contribution in [0.5, 0.6) is 0 Å². The fourth-order valence-corrected chi connectivity index (χ4v) is 3.42. The molecule has 2 heterocycles. The van der Waals surface area contributed by atoms with Gasteiger partial charge in [0, 0.05) is 23.4 Å². The summed E-state index contributed by atoms with van der Waals surface area (Å²) in [4.78, 5) is 1.39. The fraction of sp³-hybridized carbons (Fsp3) is 0.714. The maximum atomic E-state index is 6.17. The predicted molar refractivity (Wildman–Crippen MR) is 73.6 cm³/mol. The van der Waals surface area contributed by atoms with Gasteiger partial charge in [-0.05, 0) is 36.8 Å². The lowest BCUT2D eigenvalue weighted by Gasteiger charge is -2.29. The number of nitrogens with one attached hydrogen (secondary N) is 1. The summed E-state index contributed by atoms with van der Waals surface area (Å²) >= 11 is 1.82. The topological polar surface area (TPSA) is 21.3 Å². The van der Waals surface area contributed by atoms with Gasteiger partial charge in [-0.3, -0.25) is 0 Å². The van der Waals surface area contributed by atoms with Gasteiger partial charge in [-0.1, -0.05) is 13.8 Å². The van der Waals surface area contributed by atoms with E-state index >= 15 is 0 Å². The molecule has 1 fully saturated rings. The van der Waals surface area contributed by atoms with Gasteiger partial charge in [-0.25, -0.2) is 0 Å². The van der Waals surface area contributed by atoms with E-state index in [1.165, 1.54) is 23.3 Å². The largest absolute Gasteiger partial charge is 0.371 e. The molecular weight excluding hydrogens is 230 g/mol. The Morgan fingerprint density at radius 1 is 1.47 bits per heavy atom. The van der Waals surface area contributed by atoms with Gasteiger partial charge in [-0.2, -0.15) is 0 Å². The maximum Gasteiger partial charge on any atom is 0.104 e. The van der Waals surface area contributed by atoms with Crippen LogP contribution >= 0.6 is 11.3 Å². The second kappa shape index (κ2) is 5.51. The zero-order valence-electron chi connectivity index (χ0n) is 11.1. The second-order valence-electron chi connectivity index (χ2n) is 5.11. The molecule has 0 spiro atoms. The number of hydrogen-bond acceptors (Lipinski definition) is 3. The van der Waals surface area contributed by atoms with E-state index in [9.17, 15) is 0 Å². The van der Waals surface area contributed by atoms with Crippen LogP contribution in [0.1, 0.15) is 43.2 Å². The molecule has 1 aromatic rings. The first kappa shape index (κ1) is 13.1. The molecule has 1 unspecified atom stereocenters. The maximum absolute atomic E-state index is 6.17. The molecule has 1 saturated heterocycles. The van der Waals surface area contributed by atoms with Crippen molar-refractivity contribution in [1.29, 1.82) is 0 Å². The standard InChI is InChI=1S/C14H23NOS/c1-4-14(5-2)9-15-8-12(16-10-14)13-11(3)6-7-17-13/h6-7,12,15H,4-5,8-10H2,1-3H3. The van der Waals surface area contributed by atoms with Gasteiger partial charge in [0.25, 0.3) is 0 Å². The van der Waals surface area contributed by atoms with Crippen LogP contribution in [0.25, 0.3) is 0 Å². The van der Waals surface area contributed by atoms with Gasteiger partial charge in [0.2, 0.25) is 0 Å². The molecule has 0 bridgehead atoms. The van der Waals surface area contributed by atoms with Crippen molar-refractivity contribution >= 4 is 11.3 Å². The molecule has 1 atom stereocenters. The van der Waals surface area contributed by atoms with Crippen LogP contribution in [-0.2, 0) is 4.74 Å². The van der Waals surface area contributed by atoms with Gasteiger partial charge in [0.15, 0.2) is 0 Å². The minimum Gasteiger partial charge on any atom is -0.371 e.